The molecule has 1 aromatic carbocycles. The van der Waals surface area contributed by atoms with E-state index in [2.05, 4.69) is 15.5 Å². The van der Waals surface area contributed by atoms with Crippen molar-refractivity contribution >= 4 is 11.6 Å². The van der Waals surface area contributed by atoms with Crippen LogP contribution in [0.4, 0.5) is 5.69 Å². The van der Waals surface area contributed by atoms with Crippen molar-refractivity contribution < 1.29 is 9.21 Å². The minimum absolute atomic E-state index is 0.133. The lowest BCUT2D eigenvalue weighted by molar-refractivity contribution is -0.118. The van der Waals surface area contributed by atoms with Crippen LogP contribution in [-0.4, -0.2) is 22.1 Å². The number of benzene rings is 1. The smallest absolute Gasteiger partial charge is 0.247 e. The second kappa shape index (κ2) is 6.29. The quantitative estimate of drug-likeness (QED) is 0.870. The molecule has 2 atom stereocenters. The highest BCUT2D eigenvalue weighted by Crippen LogP contribution is 2.20. The van der Waals surface area contributed by atoms with Gasteiger partial charge < -0.3 is 15.5 Å². The zero-order chi connectivity index (χ0) is 14.5. The molecule has 106 valence electrons. The molecule has 3 N–H and O–H groups in total. The van der Waals surface area contributed by atoms with Crippen LogP contribution in [-0.2, 0) is 4.79 Å². The van der Waals surface area contributed by atoms with Gasteiger partial charge in [0.1, 0.15) is 0 Å². The summed E-state index contributed by atoms with van der Waals surface area (Å²) in [6, 6.07) is 6.68. The number of carbonyl (C=O) groups excluding carboxylic acids is 1. The molecule has 2 rings (SSSR count). The van der Waals surface area contributed by atoms with Crippen molar-refractivity contribution in [3.63, 3.8) is 0 Å². The lowest BCUT2D eigenvalue weighted by atomic mass is 9.99. The fourth-order valence-corrected chi connectivity index (χ4v) is 1.77. The fraction of sp³-hybridized carbons (Fsp3) is 0.357. The number of nitrogens with one attached hydrogen (secondary N) is 1. The summed E-state index contributed by atoms with van der Waals surface area (Å²) in [5.74, 6) is 0.350. The Morgan fingerprint density at radius 1 is 1.50 bits per heavy atom. The van der Waals surface area contributed by atoms with Crippen LogP contribution in [0.15, 0.2) is 35.1 Å². The van der Waals surface area contributed by atoms with E-state index in [1.807, 2.05) is 26.0 Å². The average Bonchev–Trinajstić information content (AvgIpc) is 3.00. The highest BCUT2D eigenvalue weighted by atomic mass is 16.4. The molecule has 6 heteroatoms. The van der Waals surface area contributed by atoms with Crippen molar-refractivity contribution in [2.24, 2.45) is 11.7 Å². The Bertz CT molecular complexity index is 568. The van der Waals surface area contributed by atoms with Gasteiger partial charge in [0, 0.05) is 11.3 Å². The fourth-order valence-electron chi connectivity index (χ4n) is 1.77. The summed E-state index contributed by atoms with van der Waals surface area (Å²) < 4.78 is 5.12. The Kier molecular flexibility index (Phi) is 4.47. The van der Waals surface area contributed by atoms with Crippen molar-refractivity contribution in [1.29, 1.82) is 0 Å². The van der Waals surface area contributed by atoms with Crippen LogP contribution in [0.1, 0.15) is 20.3 Å². The Morgan fingerprint density at radius 3 is 2.95 bits per heavy atom. The van der Waals surface area contributed by atoms with E-state index in [9.17, 15) is 4.79 Å². The highest BCUT2D eigenvalue weighted by molar-refractivity contribution is 5.95. The van der Waals surface area contributed by atoms with Crippen molar-refractivity contribution in [2.75, 3.05) is 5.32 Å². The van der Waals surface area contributed by atoms with Gasteiger partial charge in [-0.25, -0.2) is 0 Å². The minimum Gasteiger partial charge on any atom is -0.423 e. The zero-order valence-electron chi connectivity index (χ0n) is 11.5. The molecule has 2 aromatic rings. The third kappa shape index (κ3) is 3.21. The van der Waals surface area contributed by atoms with E-state index in [0.29, 0.717) is 11.6 Å². The first-order valence-corrected chi connectivity index (χ1v) is 6.55. The summed E-state index contributed by atoms with van der Waals surface area (Å²) in [4.78, 5) is 12.0. The van der Waals surface area contributed by atoms with E-state index in [1.54, 1.807) is 12.1 Å². The third-order valence-electron chi connectivity index (χ3n) is 3.30. The molecular formula is C14H18N4O2. The van der Waals surface area contributed by atoms with Crippen molar-refractivity contribution in [3.05, 3.63) is 30.7 Å². The summed E-state index contributed by atoms with van der Waals surface area (Å²) in [5, 5.41) is 10.3. The van der Waals surface area contributed by atoms with Crippen molar-refractivity contribution in [3.8, 4) is 11.5 Å². The summed E-state index contributed by atoms with van der Waals surface area (Å²) in [6.07, 6.45) is 2.12. The van der Waals surface area contributed by atoms with E-state index in [4.69, 9.17) is 10.2 Å². The first-order valence-electron chi connectivity index (χ1n) is 6.55. The number of amides is 1. The van der Waals surface area contributed by atoms with Gasteiger partial charge in [0.2, 0.25) is 18.2 Å². The van der Waals surface area contributed by atoms with E-state index in [1.165, 1.54) is 6.39 Å². The molecule has 0 radical (unpaired) electrons. The second-order valence-corrected chi connectivity index (χ2v) is 4.73. The maximum Gasteiger partial charge on any atom is 0.247 e. The summed E-state index contributed by atoms with van der Waals surface area (Å²) in [7, 11) is 0. The lowest BCUT2D eigenvalue weighted by Gasteiger charge is -2.17. The van der Waals surface area contributed by atoms with Gasteiger partial charge in [-0.15, -0.1) is 10.2 Å². The highest BCUT2D eigenvalue weighted by Gasteiger charge is 2.19. The van der Waals surface area contributed by atoms with Gasteiger partial charge in [0.15, 0.2) is 0 Å². The average molecular weight is 274 g/mol. The minimum atomic E-state index is -0.521. The first-order chi connectivity index (χ1) is 9.61. The largest absolute Gasteiger partial charge is 0.423 e. The number of nitrogens with two attached hydrogens (primary N) is 1. The lowest BCUT2D eigenvalue weighted by Crippen LogP contribution is -2.40. The second-order valence-electron chi connectivity index (χ2n) is 4.73. The van der Waals surface area contributed by atoms with Crippen molar-refractivity contribution in [1.82, 2.24) is 10.2 Å². The van der Waals surface area contributed by atoms with Gasteiger partial charge in [0.25, 0.3) is 0 Å². The molecule has 0 bridgehead atoms. The number of hydrogen-bond donors (Lipinski definition) is 2. The summed E-state index contributed by atoms with van der Waals surface area (Å²) >= 11 is 0. The van der Waals surface area contributed by atoms with E-state index >= 15 is 0 Å². The van der Waals surface area contributed by atoms with Crippen LogP contribution in [0.5, 0.6) is 0 Å². The van der Waals surface area contributed by atoms with E-state index < -0.39 is 6.04 Å². The molecule has 20 heavy (non-hydrogen) atoms. The van der Waals surface area contributed by atoms with Crippen molar-refractivity contribution in [2.45, 2.75) is 26.3 Å². The normalized spacial score (nSPS) is 13.8. The number of hydrogen-bond acceptors (Lipinski definition) is 5. The molecule has 0 aliphatic heterocycles. The monoisotopic (exact) mass is 274 g/mol. The predicted octanol–water partition coefficient (Wildman–Crippen LogP) is 2.05. The van der Waals surface area contributed by atoms with Gasteiger partial charge in [-0.1, -0.05) is 26.3 Å². The molecule has 0 aliphatic rings. The first kappa shape index (κ1) is 14.2. The SMILES string of the molecule is CCC(C)[C@H](N)C(=O)Nc1cccc(-c2nnco2)c1. The molecule has 0 spiro atoms. The Hall–Kier alpha value is -2.21. The molecule has 0 saturated carbocycles. The zero-order valence-corrected chi connectivity index (χ0v) is 11.5. The van der Waals surface area contributed by atoms with Gasteiger partial charge in [-0.3, -0.25) is 4.79 Å². The van der Waals surface area contributed by atoms with Crippen LogP contribution >= 0.6 is 0 Å². The van der Waals surface area contributed by atoms with Crippen LogP contribution in [0.2, 0.25) is 0 Å². The number of rotatable bonds is 5. The van der Waals surface area contributed by atoms with Crippen LogP contribution in [0.25, 0.3) is 11.5 Å². The van der Waals surface area contributed by atoms with Gasteiger partial charge in [0.05, 0.1) is 6.04 Å². The number of anilines is 1. The maximum atomic E-state index is 12.0. The van der Waals surface area contributed by atoms with Crippen LogP contribution in [0.3, 0.4) is 0 Å². The molecule has 0 fully saturated rings. The molecule has 1 unspecified atom stereocenters. The number of carbonyl (C=O) groups is 1. The predicted molar refractivity (Wildman–Crippen MR) is 75.8 cm³/mol. The topological polar surface area (TPSA) is 94.0 Å². The van der Waals surface area contributed by atoms with Gasteiger partial charge in [-0.05, 0) is 24.1 Å². The summed E-state index contributed by atoms with van der Waals surface area (Å²) in [5.41, 5.74) is 7.30. The van der Waals surface area contributed by atoms with Crippen LogP contribution < -0.4 is 11.1 Å². The van der Waals surface area contributed by atoms with E-state index in [0.717, 1.165) is 12.0 Å². The molecule has 1 aromatic heterocycles. The molecule has 1 heterocycles. The van der Waals surface area contributed by atoms with Gasteiger partial charge >= 0.3 is 0 Å². The summed E-state index contributed by atoms with van der Waals surface area (Å²) in [6.45, 7) is 3.97. The Labute approximate surface area is 117 Å². The van der Waals surface area contributed by atoms with Gasteiger partial charge in [-0.2, -0.15) is 0 Å². The molecule has 1 amide bonds. The third-order valence-corrected chi connectivity index (χ3v) is 3.30. The van der Waals surface area contributed by atoms with Crippen LogP contribution in [0, 0.1) is 5.92 Å². The number of aromatic nitrogens is 2. The Morgan fingerprint density at radius 2 is 2.30 bits per heavy atom. The Balaban J connectivity index is 2.10. The molecule has 0 saturated heterocycles. The standard InChI is InChI=1S/C14H18N4O2/c1-3-9(2)12(15)13(19)17-11-6-4-5-10(7-11)14-18-16-8-20-14/h4-9,12H,3,15H2,1-2H3,(H,17,19)/t9?,12-/m0/s1. The number of nitrogens with zero attached hydrogens (tertiary/aromatic N) is 2. The molecule has 6 nitrogen and oxygen atoms in total. The maximum absolute atomic E-state index is 12.0. The molecular weight excluding hydrogens is 256 g/mol. The molecule has 0 aliphatic carbocycles. The van der Waals surface area contributed by atoms with E-state index in [-0.39, 0.29) is 11.8 Å².